The molecular weight excluding hydrogens is 396 g/mol. The van der Waals surface area contributed by atoms with Gasteiger partial charge in [-0.25, -0.2) is 0 Å². The molecule has 3 rings (SSSR count). The van der Waals surface area contributed by atoms with E-state index in [2.05, 4.69) is 16.0 Å². The maximum absolute atomic E-state index is 12.4. The number of ether oxygens (including phenoxy) is 1. The average molecular weight is 425 g/mol. The molecule has 1 fully saturated rings. The zero-order valence-corrected chi connectivity index (χ0v) is 17.6. The van der Waals surface area contributed by atoms with Crippen molar-refractivity contribution in [3.05, 3.63) is 59.7 Å². The van der Waals surface area contributed by atoms with E-state index in [9.17, 15) is 14.4 Å². The molecule has 0 atom stereocenters. The highest BCUT2D eigenvalue weighted by molar-refractivity contribution is 5.97. The minimum Gasteiger partial charge on any atom is -0.383 e. The van der Waals surface area contributed by atoms with E-state index in [1.54, 1.807) is 55.6 Å². The summed E-state index contributed by atoms with van der Waals surface area (Å²) in [6, 6.07) is 13.9. The molecule has 8 nitrogen and oxygen atoms in total. The number of benzene rings is 2. The van der Waals surface area contributed by atoms with Crippen molar-refractivity contribution in [1.29, 1.82) is 0 Å². The highest BCUT2D eigenvalue weighted by atomic mass is 16.5. The minimum absolute atomic E-state index is 0.0307. The molecule has 1 aliphatic heterocycles. The Morgan fingerprint density at radius 1 is 0.968 bits per heavy atom. The number of carbonyl (C=O) groups is 3. The number of rotatable bonds is 9. The fraction of sp³-hybridized carbons (Fsp3) is 0.348. The Labute approximate surface area is 182 Å². The first-order valence-corrected chi connectivity index (χ1v) is 10.4. The van der Waals surface area contributed by atoms with Crippen LogP contribution in [0, 0.1) is 0 Å². The van der Waals surface area contributed by atoms with E-state index in [0.29, 0.717) is 35.7 Å². The zero-order valence-electron chi connectivity index (χ0n) is 17.6. The van der Waals surface area contributed by atoms with E-state index in [1.807, 2.05) is 4.90 Å². The number of nitrogens with one attached hydrogen (secondary N) is 3. The van der Waals surface area contributed by atoms with Crippen LogP contribution in [0.3, 0.4) is 0 Å². The standard InChI is InChI=1S/C23H28N4O4/c1-31-14-11-24-22(29)18-5-4-6-20(15-18)25-16-21(28)26-19-9-7-17(8-10-19)23(30)27-12-2-3-13-27/h4-10,15,25H,2-3,11-14,16H2,1H3,(H,24,29)(H,26,28). The molecule has 31 heavy (non-hydrogen) atoms. The van der Waals surface area contributed by atoms with Gasteiger partial charge in [0.25, 0.3) is 11.8 Å². The smallest absolute Gasteiger partial charge is 0.253 e. The Kier molecular flexibility index (Phi) is 8.00. The van der Waals surface area contributed by atoms with Gasteiger partial charge in [-0.3, -0.25) is 14.4 Å². The summed E-state index contributed by atoms with van der Waals surface area (Å²) in [6.45, 7) is 2.52. The number of carbonyl (C=O) groups excluding carboxylic acids is 3. The van der Waals surface area contributed by atoms with Gasteiger partial charge in [0.1, 0.15) is 0 Å². The first-order chi connectivity index (χ1) is 15.1. The molecule has 0 radical (unpaired) electrons. The van der Waals surface area contributed by atoms with Crippen molar-refractivity contribution < 1.29 is 19.1 Å². The molecule has 0 unspecified atom stereocenters. The van der Waals surface area contributed by atoms with Gasteiger partial charge in [-0.05, 0) is 55.3 Å². The molecule has 2 aromatic carbocycles. The second kappa shape index (κ2) is 11.1. The van der Waals surface area contributed by atoms with Crippen LogP contribution in [-0.2, 0) is 9.53 Å². The molecule has 1 aliphatic rings. The summed E-state index contributed by atoms with van der Waals surface area (Å²) in [6.07, 6.45) is 2.10. The Morgan fingerprint density at radius 3 is 2.42 bits per heavy atom. The quantitative estimate of drug-likeness (QED) is 0.537. The number of anilines is 2. The molecule has 1 saturated heterocycles. The summed E-state index contributed by atoms with van der Waals surface area (Å²) >= 11 is 0. The second-order valence-electron chi connectivity index (χ2n) is 7.31. The normalized spacial score (nSPS) is 13.0. The van der Waals surface area contributed by atoms with Crippen molar-refractivity contribution in [3.63, 3.8) is 0 Å². The van der Waals surface area contributed by atoms with Crippen molar-refractivity contribution >= 4 is 29.1 Å². The predicted octanol–water partition coefficient (Wildman–Crippen LogP) is 2.35. The summed E-state index contributed by atoms with van der Waals surface area (Å²) in [5, 5.41) is 8.57. The Bertz CT molecular complexity index is 908. The van der Waals surface area contributed by atoms with Gasteiger partial charge in [0, 0.05) is 49.2 Å². The molecule has 3 amide bonds. The van der Waals surface area contributed by atoms with Crippen LogP contribution in [0.5, 0.6) is 0 Å². The number of amides is 3. The van der Waals surface area contributed by atoms with Gasteiger partial charge < -0.3 is 25.6 Å². The van der Waals surface area contributed by atoms with Gasteiger partial charge in [0.2, 0.25) is 5.91 Å². The van der Waals surface area contributed by atoms with Crippen molar-refractivity contribution in [2.24, 2.45) is 0 Å². The van der Waals surface area contributed by atoms with Crippen molar-refractivity contribution in [2.75, 3.05) is 50.5 Å². The third-order valence-electron chi connectivity index (χ3n) is 4.98. The Hall–Kier alpha value is -3.39. The molecule has 164 valence electrons. The monoisotopic (exact) mass is 424 g/mol. The number of methoxy groups -OCH3 is 1. The number of likely N-dealkylation sites (tertiary alicyclic amines) is 1. The van der Waals surface area contributed by atoms with Crippen LogP contribution in [0.1, 0.15) is 33.6 Å². The molecule has 0 bridgehead atoms. The van der Waals surface area contributed by atoms with E-state index in [1.165, 1.54) is 0 Å². The fourth-order valence-electron chi connectivity index (χ4n) is 3.33. The number of hydrogen-bond donors (Lipinski definition) is 3. The summed E-state index contributed by atoms with van der Waals surface area (Å²) < 4.78 is 4.92. The van der Waals surface area contributed by atoms with E-state index in [4.69, 9.17) is 4.74 Å². The molecule has 1 heterocycles. The van der Waals surface area contributed by atoms with Crippen molar-refractivity contribution in [3.8, 4) is 0 Å². The Balaban J connectivity index is 1.48. The van der Waals surface area contributed by atoms with Crippen LogP contribution in [0.15, 0.2) is 48.5 Å². The topological polar surface area (TPSA) is 99.8 Å². The molecule has 0 spiro atoms. The molecule has 8 heteroatoms. The summed E-state index contributed by atoms with van der Waals surface area (Å²) in [5.74, 6) is -0.398. The predicted molar refractivity (Wildman–Crippen MR) is 119 cm³/mol. The van der Waals surface area contributed by atoms with Crippen LogP contribution >= 0.6 is 0 Å². The van der Waals surface area contributed by atoms with Crippen LogP contribution in [-0.4, -0.2) is 62.5 Å². The number of nitrogens with zero attached hydrogens (tertiary/aromatic N) is 1. The van der Waals surface area contributed by atoms with E-state index in [0.717, 1.165) is 25.9 Å². The lowest BCUT2D eigenvalue weighted by molar-refractivity contribution is -0.114. The average Bonchev–Trinajstić information content (AvgIpc) is 3.33. The van der Waals surface area contributed by atoms with E-state index >= 15 is 0 Å². The minimum atomic E-state index is -0.228. The van der Waals surface area contributed by atoms with Crippen LogP contribution < -0.4 is 16.0 Å². The lowest BCUT2D eigenvalue weighted by atomic mass is 10.2. The first-order valence-electron chi connectivity index (χ1n) is 10.4. The molecule has 0 aromatic heterocycles. The molecule has 0 saturated carbocycles. The van der Waals surface area contributed by atoms with E-state index in [-0.39, 0.29) is 24.3 Å². The van der Waals surface area contributed by atoms with Crippen LogP contribution in [0.4, 0.5) is 11.4 Å². The van der Waals surface area contributed by atoms with Crippen LogP contribution in [0.2, 0.25) is 0 Å². The fourth-order valence-corrected chi connectivity index (χ4v) is 3.33. The van der Waals surface area contributed by atoms with Gasteiger partial charge in [-0.2, -0.15) is 0 Å². The zero-order chi connectivity index (χ0) is 22.1. The Morgan fingerprint density at radius 2 is 1.71 bits per heavy atom. The molecular formula is C23H28N4O4. The first kappa shape index (κ1) is 22.3. The summed E-state index contributed by atoms with van der Waals surface area (Å²) in [7, 11) is 1.57. The molecule has 3 N–H and O–H groups in total. The summed E-state index contributed by atoms with van der Waals surface area (Å²) in [4.78, 5) is 38.6. The second-order valence-corrected chi connectivity index (χ2v) is 7.31. The van der Waals surface area contributed by atoms with Crippen LogP contribution in [0.25, 0.3) is 0 Å². The largest absolute Gasteiger partial charge is 0.383 e. The van der Waals surface area contributed by atoms with Gasteiger partial charge in [-0.1, -0.05) is 6.07 Å². The SMILES string of the molecule is COCCNC(=O)c1cccc(NCC(=O)Nc2ccc(C(=O)N3CCCC3)cc2)c1. The van der Waals surface area contributed by atoms with Gasteiger partial charge >= 0.3 is 0 Å². The molecule has 0 aliphatic carbocycles. The maximum Gasteiger partial charge on any atom is 0.253 e. The maximum atomic E-state index is 12.4. The lowest BCUT2D eigenvalue weighted by Crippen LogP contribution is -2.27. The molecule has 2 aromatic rings. The van der Waals surface area contributed by atoms with Gasteiger partial charge in [-0.15, -0.1) is 0 Å². The van der Waals surface area contributed by atoms with Gasteiger partial charge in [0.05, 0.1) is 13.2 Å². The third-order valence-corrected chi connectivity index (χ3v) is 4.98. The lowest BCUT2D eigenvalue weighted by Gasteiger charge is -2.15. The van der Waals surface area contributed by atoms with E-state index < -0.39 is 0 Å². The third kappa shape index (κ3) is 6.55. The highest BCUT2D eigenvalue weighted by Crippen LogP contribution is 2.16. The van der Waals surface area contributed by atoms with Crippen molar-refractivity contribution in [1.82, 2.24) is 10.2 Å². The highest BCUT2D eigenvalue weighted by Gasteiger charge is 2.19. The van der Waals surface area contributed by atoms with Gasteiger partial charge in [0.15, 0.2) is 0 Å². The summed E-state index contributed by atoms with van der Waals surface area (Å²) in [5.41, 5.74) is 2.41. The number of hydrogen-bond acceptors (Lipinski definition) is 5. The van der Waals surface area contributed by atoms with Crippen molar-refractivity contribution in [2.45, 2.75) is 12.8 Å².